The number of carbonyl (C=O) groups is 2. The molecule has 0 bridgehead atoms. The van der Waals surface area contributed by atoms with E-state index in [9.17, 15) is 9.59 Å². The Morgan fingerprint density at radius 3 is 2.21 bits per heavy atom. The molecule has 0 aliphatic carbocycles. The number of rotatable bonds is 4. The maximum absolute atomic E-state index is 11.5. The van der Waals surface area contributed by atoms with Gasteiger partial charge in [-0.2, -0.15) is 0 Å². The van der Waals surface area contributed by atoms with Crippen molar-refractivity contribution in [2.75, 3.05) is 11.9 Å². The number of benzene rings is 1. The summed E-state index contributed by atoms with van der Waals surface area (Å²) >= 11 is 17.2. The minimum atomic E-state index is -1.17. The molecule has 0 fully saturated rings. The highest BCUT2D eigenvalue weighted by Crippen LogP contribution is 2.31. The number of urea groups is 1. The van der Waals surface area contributed by atoms with Crippen LogP contribution in [0.2, 0.25) is 10.0 Å². The predicted octanol–water partition coefficient (Wildman–Crippen LogP) is 3.57. The topological polar surface area (TPSA) is 78.4 Å². The first-order chi connectivity index (χ1) is 8.81. The number of anilines is 1. The highest BCUT2D eigenvalue weighted by atomic mass is 35.5. The largest absolute Gasteiger partial charge is 0.478 e. The zero-order valence-electron chi connectivity index (χ0n) is 9.47. The highest BCUT2D eigenvalue weighted by Gasteiger charge is 2.14. The lowest BCUT2D eigenvalue weighted by Crippen LogP contribution is -2.29. The van der Waals surface area contributed by atoms with E-state index in [0.29, 0.717) is 0 Å². The SMILES string of the molecule is C=C(Cl)CNC(=O)Nc1c(Cl)cc(C(=O)O)cc1Cl. The van der Waals surface area contributed by atoms with E-state index in [2.05, 4.69) is 17.2 Å². The molecule has 5 nitrogen and oxygen atoms in total. The molecule has 0 spiro atoms. The molecule has 0 unspecified atom stereocenters. The number of hydrogen-bond acceptors (Lipinski definition) is 2. The first kappa shape index (κ1) is 15.6. The van der Waals surface area contributed by atoms with E-state index in [1.165, 1.54) is 12.1 Å². The van der Waals surface area contributed by atoms with Crippen LogP contribution in [0.15, 0.2) is 23.7 Å². The van der Waals surface area contributed by atoms with Gasteiger partial charge < -0.3 is 15.7 Å². The Bertz CT molecular complexity index is 523. The molecule has 2 amide bonds. The lowest BCUT2D eigenvalue weighted by Gasteiger charge is -2.11. The van der Waals surface area contributed by atoms with Gasteiger partial charge in [-0.15, -0.1) is 0 Å². The molecular formula is C11H9Cl3N2O3. The Kier molecular flexibility index (Phi) is 5.47. The zero-order valence-corrected chi connectivity index (χ0v) is 11.7. The first-order valence-electron chi connectivity index (χ1n) is 4.91. The Morgan fingerprint density at radius 2 is 1.79 bits per heavy atom. The number of carboxylic acids is 1. The summed E-state index contributed by atoms with van der Waals surface area (Å²) in [5.74, 6) is -1.17. The molecule has 19 heavy (non-hydrogen) atoms. The average Bonchev–Trinajstić information content (AvgIpc) is 2.30. The monoisotopic (exact) mass is 322 g/mol. The van der Waals surface area contributed by atoms with Gasteiger partial charge in [0.15, 0.2) is 0 Å². The third kappa shape index (κ3) is 4.63. The Labute approximate surface area is 124 Å². The zero-order chi connectivity index (χ0) is 14.6. The van der Waals surface area contributed by atoms with Gasteiger partial charge in [-0.05, 0) is 12.1 Å². The lowest BCUT2D eigenvalue weighted by atomic mass is 10.2. The fourth-order valence-electron chi connectivity index (χ4n) is 1.15. The summed E-state index contributed by atoms with van der Waals surface area (Å²) in [5, 5.41) is 13.9. The minimum Gasteiger partial charge on any atom is -0.478 e. The smallest absolute Gasteiger partial charge is 0.335 e. The van der Waals surface area contributed by atoms with E-state index in [4.69, 9.17) is 39.9 Å². The van der Waals surface area contributed by atoms with Gasteiger partial charge in [-0.1, -0.05) is 41.4 Å². The molecule has 102 valence electrons. The van der Waals surface area contributed by atoms with Gasteiger partial charge >= 0.3 is 12.0 Å². The fourth-order valence-corrected chi connectivity index (χ4v) is 1.80. The third-order valence-electron chi connectivity index (χ3n) is 1.97. The van der Waals surface area contributed by atoms with Crippen molar-refractivity contribution in [1.82, 2.24) is 5.32 Å². The van der Waals surface area contributed by atoms with Crippen molar-refractivity contribution in [3.05, 3.63) is 39.4 Å². The molecule has 0 aliphatic rings. The van der Waals surface area contributed by atoms with Crippen molar-refractivity contribution in [2.45, 2.75) is 0 Å². The third-order valence-corrected chi connectivity index (χ3v) is 2.70. The second kappa shape index (κ2) is 6.65. The summed E-state index contributed by atoms with van der Waals surface area (Å²) in [6.45, 7) is 3.48. The number of carbonyl (C=O) groups excluding carboxylic acids is 1. The van der Waals surface area contributed by atoms with Gasteiger partial charge in [-0.25, -0.2) is 9.59 Å². The van der Waals surface area contributed by atoms with Gasteiger partial charge in [0, 0.05) is 5.03 Å². The summed E-state index contributed by atoms with van der Waals surface area (Å²) in [6.07, 6.45) is 0. The van der Waals surface area contributed by atoms with Gasteiger partial charge in [0.2, 0.25) is 0 Å². The molecular weight excluding hydrogens is 314 g/mol. The Morgan fingerprint density at radius 1 is 1.26 bits per heavy atom. The Hall–Kier alpha value is -1.43. The van der Waals surface area contributed by atoms with Crippen LogP contribution in [0.5, 0.6) is 0 Å². The first-order valence-corrected chi connectivity index (χ1v) is 6.05. The fraction of sp³-hybridized carbons (Fsp3) is 0.0909. The normalized spacial score (nSPS) is 9.84. The van der Waals surface area contributed by atoms with E-state index in [1.54, 1.807) is 0 Å². The maximum Gasteiger partial charge on any atom is 0.335 e. The molecule has 0 saturated carbocycles. The quantitative estimate of drug-likeness (QED) is 0.792. The van der Waals surface area contributed by atoms with Crippen molar-refractivity contribution in [3.63, 3.8) is 0 Å². The van der Waals surface area contributed by atoms with E-state index < -0.39 is 12.0 Å². The molecule has 1 aromatic rings. The summed E-state index contributed by atoms with van der Waals surface area (Å²) in [7, 11) is 0. The highest BCUT2D eigenvalue weighted by molar-refractivity contribution is 6.40. The van der Waals surface area contributed by atoms with Crippen LogP contribution in [0, 0.1) is 0 Å². The van der Waals surface area contributed by atoms with Crippen LogP contribution in [0.25, 0.3) is 0 Å². The molecule has 1 aromatic carbocycles. The second-order valence-corrected chi connectivity index (χ2v) is 4.79. The van der Waals surface area contributed by atoms with Gasteiger partial charge in [0.1, 0.15) is 0 Å². The summed E-state index contributed by atoms with van der Waals surface area (Å²) in [4.78, 5) is 22.3. The summed E-state index contributed by atoms with van der Waals surface area (Å²) < 4.78 is 0. The van der Waals surface area contributed by atoms with E-state index in [1.807, 2.05) is 0 Å². The van der Waals surface area contributed by atoms with Crippen LogP contribution in [-0.2, 0) is 0 Å². The van der Waals surface area contributed by atoms with E-state index in [0.717, 1.165) is 0 Å². The molecule has 0 atom stereocenters. The summed E-state index contributed by atoms with van der Waals surface area (Å²) in [5.41, 5.74) is 0.0427. The van der Waals surface area contributed by atoms with Crippen LogP contribution in [-0.4, -0.2) is 23.7 Å². The van der Waals surface area contributed by atoms with E-state index in [-0.39, 0.29) is 32.9 Å². The standard InChI is InChI=1S/C11H9Cl3N2O3/c1-5(12)4-15-11(19)16-9-7(13)2-6(10(17)18)3-8(9)14/h2-3H,1,4H2,(H,17,18)(H2,15,16,19). The summed E-state index contributed by atoms with van der Waals surface area (Å²) in [6, 6.07) is 1.78. The molecule has 0 aliphatic heterocycles. The number of halogens is 3. The van der Waals surface area contributed by atoms with E-state index >= 15 is 0 Å². The van der Waals surface area contributed by atoms with Crippen LogP contribution >= 0.6 is 34.8 Å². The molecule has 0 aromatic heterocycles. The van der Waals surface area contributed by atoms with Crippen LogP contribution < -0.4 is 10.6 Å². The average molecular weight is 324 g/mol. The predicted molar refractivity (Wildman–Crippen MR) is 75.4 cm³/mol. The number of amides is 2. The molecule has 8 heteroatoms. The van der Waals surface area contributed by atoms with Crippen molar-refractivity contribution in [3.8, 4) is 0 Å². The van der Waals surface area contributed by atoms with Crippen molar-refractivity contribution < 1.29 is 14.7 Å². The van der Waals surface area contributed by atoms with Gasteiger partial charge in [0.25, 0.3) is 0 Å². The minimum absolute atomic E-state index is 0.0183. The van der Waals surface area contributed by atoms with Crippen LogP contribution in [0.4, 0.5) is 10.5 Å². The van der Waals surface area contributed by atoms with Crippen molar-refractivity contribution in [2.24, 2.45) is 0 Å². The number of aromatic carboxylic acids is 1. The molecule has 3 N–H and O–H groups in total. The molecule has 0 saturated heterocycles. The molecule has 0 radical (unpaired) electrons. The number of carboxylic acid groups (broad SMARTS) is 1. The molecule has 0 heterocycles. The molecule has 1 rings (SSSR count). The van der Waals surface area contributed by atoms with Crippen molar-refractivity contribution in [1.29, 1.82) is 0 Å². The Balaban J connectivity index is 2.87. The van der Waals surface area contributed by atoms with Gasteiger partial charge in [-0.3, -0.25) is 0 Å². The van der Waals surface area contributed by atoms with Crippen molar-refractivity contribution >= 4 is 52.5 Å². The maximum atomic E-state index is 11.5. The van der Waals surface area contributed by atoms with Gasteiger partial charge in [0.05, 0.1) is 27.8 Å². The lowest BCUT2D eigenvalue weighted by molar-refractivity contribution is 0.0697. The van der Waals surface area contributed by atoms with Crippen LogP contribution in [0.1, 0.15) is 10.4 Å². The second-order valence-electron chi connectivity index (χ2n) is 3.44. The van der Waals surface area contributed by atoms with Crippen LogP contribution in [0.3, 0.4) is 0 Å². The number of hydrogen-bond donors (Lipinski definition) is 3. The number of nitrogens with one attached hydrogen (secondary N) is 2.